The molecule has 2 amide bonds. The van der Waals surface area contributed by atoms with E-state index in [0.717, 1.165) is 52.4 Å². The highest BCUT2D eigenvalue weighted by atomic mass is 79.9. The van der Waals surface area contributed by atoms with Gasteiger partial charge >= 0.3 is 6.03 Å². The van der Waals surface area contributed by atoms with Gasteiger partial charge in [0.2, 0.25) is 6.08 Å². The summed E-state index contributed by atoms with van der Waals surface area (Å²) >= 11 is 3.31. The van der Waals surface area contributed by atoms with Gasteiger partial charge in [0.1, 0.15) is 5.82 Å². The van der Waals surface area contributed by atoms with Gasteiger partial charge in [0.25, 0.3) is 0 Å². The molecule has 3 aromatic carbocycles. The molecule has 5 rings (SSSR count). The van der Waals surface area contributed by atoms with E-state index in [-0.39, 0.29) is 18.4 Å². The minimum atomic E-state index is -0.336. The molecule has 1 aliphatic rings. The van der Waals surface area contributed by atoms with E-state index in [2.05, 4.69) is 41.6 Å². The summed E-state index contributed by atoms with van der Waals surface area (Å²) in [6.07, 6.45) is 6.63. The van der Waals surface area contributed by atoms with Crippen molar-refractivity contribution in [3.05, 3.63) is 88.3 Å². The average molecular weight is 594 g/mol. The van der Waals surface area contributed by atoms with Crippen molar-refractivity contribution in [2.75, 3.05) is 23.3 Å². The second-order valence-electron chi connectivity index (χ2n) is 9.18. The van der Waals surface area contributed by atoms with Crippen molar-refractivity contribution in [3.63, 3.8) is 0 Å². The van der Waals surface area contributed by atoms with Crippen molar-refractivity contribution in [2.24, 2.45) is 12.0 Å². The molecule has 1 saturated heterocycles. The molecule has 0 spiro atoms. The second-order valence-corrected chi connectivity index (χ2v) is 10.1. The van der Waals surface area contributed by atoms with E-state index in [0.29, 0.717) is 17.9 Å². The van der Waals surface area contributed by atoms with Crippen LogP contribution in [0.5, 0.6) is 0 Å². The highest BCUT2D eigenvalue weighted by molar-refractivity contribution is 9.10. The zero-order valence-corrected chi connectivity index (χ0v) is 23.2. The minimum absolute atomic E-state index is 0.235. The van der Waals surface area contributed by atoms with E-state index in [1.54, 1.807) is 10.9 Å². The van der Waals surface area contributed by atoms with Gasteiger partial charge in [0.05, 0.1) is 29.6 Å². The molecular weight excluding hydrogens is 563 g/mol. The molecule has 1 fully saturated rings. The van der Waals surface area contributed by atoms with Crippen LogP contribution in [0.1, 0.15) is 30.4 Å². The summed E-state index contributed by atoms with van der Waals surface area (Å²) in [6, 6.07) is 18.1. The third-order valence-corrected chi connectivity index (χ3v) is 6.97. The molecule has 1 aromatic heterocycles. The summed E-state index contributed by atoms with van der Waals surface area (Å²) in [5.74, 6) is -0.235. The molecule has 0 saturated carbocycles. The van der Waals surface area contributed by atoms with E-state index < -0.39 is 0 Å². The topological polar surface area (TPSA) is 91.6 Å². The zero-order chi connectivity index (χ0) is 27.6. The minimum Gasteiger partial charge on any atom is -0.369 e. The number of hydrogen-bond donors (Lipinski definition) is 2. The number of aromatic nitrogens is 2. The Morgan fingerprint density at radius 1 is 1.08 bits per heavy atom. The van der Waals surface area contributed by atoms with E-state index in [1.807, 2.05) is 61.6 Å². The Kier molecular flexibility index (Phi) is 9.83. The zero-order valence-electron chi connectivity index (χ0n) is 21.7. The number of benzene rings is 3. The number of amides is 2. The lowest BCUT2D eigenvalue weighted by molar-refractivity contribution is 0.251. The lowest BCUT2D eigenvalue weighted by atomic mass is 10.1. The molecular formula is C29H30BrFN6O2. The van der Waals surface area contributed by atoms with Crippen LogP contribution in [0.3, 0.4) is 0 Å². The van der Waals surface area contributed by atoms with Crippen molar-refractivity contribution in [1.29, 1.82) is 0 Å². The molecule has 10 heteroatoms. The molecule has 2 heterocycles. The number of rotatable bonds is 6. The van der Waals surface area contributed by atoms with Crippen molar-refractivity contribution in [3.8, 4) is 0 Å². The van der Waals surface area contributed by atoms with Crippen LogP contribution in [-0.2, 0) is 24.9 Å². The number of carbonyl (C=O) groups is 1. The van der Waals surface area contributed by atoms with Crippen LogP contribution in [0, 0.1) is 5.82 Å². The fourth-order valence-electron chi connectivity index (χ4n) is 4.40. The Bertz CT molecular complexity index is 1460. The van der Waals surface area contributed by atoms with E-state index in [9.17, 15) is 14.0 Å². The monoisotopic (exact) mass is 592 g/mol. The van der Waals surface area contributed by atoms with Crippen LogP contribution >= 0.6 is 15.9 Å². The Labute approximate surface area is 235 Å². The molecule has 0 aliphatic carbocycles. The molecule has 2 N–H and O–H groups in total. The highest BCUT2D eigenvalue weighted by Crippen LogP contribution is 2.25. The Hall–Kier alpha value is -4.01. The van der Waals surface area contributed by atoms with Gasteiger partial charge in [-0.3, -0.25) is 4.68 Å². The molecule has 8 nitrogen and oxygen atoms in total. The van der Waals surface area contributed by atoms with Gasteiger partial charge in [-0.1, -0.05) is 40.2 Å². The van der Waals surface area contributed by atoms with Crippen LogP contribution in [0.25, 0.3) is 10.9 Å². The Morgan fingerprint density at radius 2 is 1.82 bits per heavy atom. The number of urea groups is 1. The van der Waals surface area contributed by atoms with E-state index >= 15 is 0 Å². The summed E-state index contributed by atoms with van der Waals surface area (Å²) in [7, 11) is 1.86. The molecule has 0 atom stereocenters. The Balaban J connectivity index is 0.000000270. The number of isocyanates is 1. The number of aryl methyl sites for hydroxylation is 1. The maximum atomic E-state index is 14.5. The van der Waals surface area contributed by atoms with Crippen LogP contribution < -0.4 is 15.5 Å². The molecule has 1 aliphatic heterocycles. The second kappa shape index (κ2) is 13.7. The first-order valence-electron chi connectivity index (χ1n) is 12.7. The lowest BCUT2D eigenvalue weighted by Gasteiger charge is -2.29. The first-order valence-corrected chi connectivity index (χ1v) is 13.5. The van der Waals surface area contributed by atoms with E-state index in [1.165, 1.54) is 18.6 Å². The lowest BCUT2D eigenvalue weighted by Crippen LogP contribution is -2.30. The number of nitrogens with zero attached hydrogens (tertiary/aromatic N) is 4. The number of fused-ring (bicyclic) bond motifs is 1. The molecule has 0 unspecified atom stereocenters. The molecule has 4 aromatic rings. The highest BCUT2D eigenvalue weighted by Gasteiger charge is 2.15. The molecule has 39 heavy (non-hydrogen) atoms. The fraction of sp³-hybridized carbons (Fsp3) is 0.276. The maximum Gasteiger partial charge on any atom is 0.319 e. The number of hydrogen-bond acceptors (Lipinski definition) is 5. The van der Waals surface area contributed by atoms with Gasteiger partial charge in [-0.2, -0.15) is 5.10 Å². The van der Waals surface area contributed by atoms with Gasteiger partial charge < -0.3 is 15.5 Å². The predicted octanol–water partition coefficient (Wildman–Crippen LogP) is 6.31. The van der Waals surface area contributed by atoms with Gasteiger partial charge in [0, 0.05) is 36.5 Å². The average Bonchev–Trinajstić information content (AvgIpc) is 3.34. The molecule has 0 radical (unpaired) electrons. The summed E-state index contributed by atoms with van der Waals surface area (Å²) in [5.41, 5.74) is 4.02. The summed E-state index contributed by atoms with van der Waals surface area (Å²) < 4.78 is 17.3. The first kappa shape index (κ1) is 28.0. The smallest absolute Gasteiger partial charge is 0.319 e. The maximum absolute atomic E-state index is 14.5. The summed E-state index contributed by atoms with van der Waals surface area (Å²) in [4.78, 5) is 27.6. The van der Waals surface area contributed by atoms with Crippen LogP contribution in [0.2, 0.25) is 0 Å². The SMILES string of the molecule is Cn1ncc2c(NC(=O)NCc3ccc(N4CCCCC4)c(F)c3)cccc21.O=C=NCc1ccc(Br)cc1. The predicted molar refractivity (Wildman–Crippen MR) is 155 cm³/mol. The Morgan fingerprint density at radius 3 is 2.54 bits per heavy atom. The van der Waals surface area contributed by atoms with Gasteiger partial charge in [0.15, 0.2) is 0 Å². The van der Waals surface area contributed by atoms with Crippen LogP contribution in [0.4, 0.5) is 20.6 Å². The number of halogens is 2. The third-order valence-electron chi connectivity index (χ3n) is 6.44. The van der Waals surface area contributed by atoms with E-state index in [4.69, 9.17) is 0 Å². The van der Waals surface area contributed by atoms with Gasteiger partial charge in [-0.25, -0.2) is 19.0 Å². The standard InChI is InChI=1S/C21H24FN5O.C8H6BrNO/c1-26-19-7-5-6-18(16(19)14-24-26)25-21(28)23-13-15-8-9-20(17(22)12-15)27-10-3-2-4-11-27;9-8-3-1-7(2-4-8)5-10-6-11/h5-9,12,14H,2-4,10-11,13H2,1H3,(H2,23,25,28);1-4H,5H2. The van der Waals surface area contributed by atoms with Crippen molar-refractivity contribution in [1.82, 2.24) is 15.1 Å². The molecule has 0 bridgehead atoms. The number of aliphatic imine (C=N–C) groups is 1. The van der Waals surface area contributed by atoms with Crippen molar-refractivity contribution in [2.45, 2.75) is 32.4 Å². The summed E-state index contributed by atoms with van der Waals surface area (Å²) in [5, 5.41) is 10.7. The largest absolute Gasteiger partial charge is 0.369 e. The number of anilines is 2. The quantitative estimate of drug-likeness (QED) is 0.203. The normalized spacial score (nSPS) is 12.7. The van der Waals surface area contributed by atoms with Crippen LogP contribution in [-0.4, -0.2) is 35.0 Å². The van der Waals surface area contributed by atoms with Gasteiger partial charge in [-0.15, -0.1) is 0 Å². The first-order chi connectivity index (χ1) is 18.9. The fourth-order valence-corrected chi connectivity index (χ4v) is 4.66. The summed E-state index contributed by atoms with van der Waals surface area (Å²) in [6.45, 7) is 2.47. The third kappa shape index (κ3) is 7.75. The van der Waals surface area contributed by atoms with Gasteiger partial charge in [-0.05, 0) is 66.8 Å². The number of piperidine rings is 1. The van der Waals surface area contributed by atoms with Crippen molar-refractivity contribution >= 4 is 50.3 Å². The number of nitrogens with one attached hydrogen (secondary N) is 2. The molecule has 202 valence electrons. The number of carbonyl (C=O) groups excluding carboxylic acids is 2. The van der Waals surface area contributed by atoms with Crippen LogP contribution in [0.15, 0.2) is 76.3 Å². The van der Waals surface area contributed by atoms with Crippen molar-refractivity contribution < 1.29 is 14.0 Å².